The van der Waals surface area contributed by atoms with Gasteiger partial charge in [-0.05, 0) is 45.0 Å². The number of imide groups is 1. The smallest absolute Gasteiger partial charge is 0.449 e. The molecule has 1 aromatic rings. The molecule has 0 unspecified atom stereocenters. The van der Waals surface area contributed by atoms with Crippen LogP contribution in [0.3, 0.4) is 0 Å². The molecule has 0 bridgehead atoms. The number of halogens is 3. The van der Waals surface area contributed by atoms with E-state index in [1.807, 2.05) is 5.32 Å². The Labute approximate surface area is 141 Å². The van der Waals surface area contributed by atoms with E-state index in [2.05, 4.69) is 10.1 Å². The number of hydrogen-bond donors (Lipinski definition) is 2. The lowest BCUT2D eigenvalue weighted by atomic mass is 10.2. The molecule has 7 nitrogen and oxygen atoms in total. The fourth-order valence-corrected chi connectivity index (χ4v) is 1.59. The van der Waals surface area contributed by atoms with Crippen LogP contribution in [0.1, 0.15) is 31.1 Å². The minimum atomic E-state index is -4.84. The van der Waals surface area contributed by atoms with E-state index < -0.39 is 36.1 Å². The highest BCUT2D eigenvalue weighted by molar-refractivity contribution is 5.98. The van der Waals surface area contributed by atoms with Crippen molar-refractivity contribution in [2.45, 2.75) is 39.3 Å². The van der Waals surface area contributed by atoms with Crippen LogP contribution in [-0.4, -0.2) is 36.4 Å². The number of carbonyl (C=O) groups is 3. The zero-order chi connectivity index (χ0) is 19.2. The minimum absolute atomic E-state index is 0.0826. The molecule has 0 heterocycles. The van der Waals surface area contributed by atoms with Crippen LogP contribution in [-0.2, 0) is 9.53 Å². The summed E-state index contributed by atoms with van der Waals surface area (Å²) in [5.74, 6) is -2.28. The number of alkyl halides is 3. The van der Waals surface area contributed by atoms with Crippen LogP contribution in [0, 0.1) is 0 Å². The van der Waals surface area contributed by atoms with Crippen molar-refractivity contribution in [3.8, 4) is 5.75 Å². The van der Waals surface area contributed by atoms with Gasteiger partial charge >= 0.3 is 18.4 Å². The first kappa shape index (κ1) is 20.3. The number of urea groups is 1. The molecule has 0 saturated heterocycles. The molecular formula is C15H17F3N2O5. The van der Waals surface area contributed by atoms with Crippen LogP contribution < -0.4 is 15.4 Å². The van der Waals surface area contributed by atoms with Crippen molar-refractivity contribution in [2.24, 2.45) is 0 Å². The lowest BCUT2D eigenvalue weighted by Gasteiger charge is -2.14. The molecule has 1 rings (SSSR count). The Bertz CT molecular complexity index is 629. The average molecular weight is 362 g/mol. The Hall–Kier alpha value is -2.78. The van der Waals surface area contributed by atoms with Crippen molar-refractivity contribution >= 4 is 17.9 Å². The highest BCUT2D eigenvalue weighted by Crippen LogP contribution is 2.23. The summed E-state index contributed by atoms with van der Waals surface area (Å²) >= 11 is 0. The normalized spacial score (nSPS) is 12.3. The van der Waals surface area contributed by atoms with Crippen LogP contribution in [0.4, 0.5) is 18.0 Å². The van der Waals surface area contributed by atoms with Crippen molar-refractivity contribution in [2.75, 3.05) is 0 Å². The summed E-state index contributed by atoms with van der Waals surface area (Å²) < 4.78 is 44.7. The predicted molar refractivity (Wildman–Crippen MR) is 79.8 cm³/mol. The number of ether oxygens (including phenoxy) is 2. The van der Waals surface area contributed by atoms with Crippen molar-refractivity contribution in [3.63, 3.8) is 0 Å². The fourth-order valence-electron chi connectivity index (χ4n) is 1.59. The number of hydrogen-bond acceptors (Lipinski definition) is 5. The van der Waals surface area contributed by atoms with Crippen LogP contribution in [0.5, 0.6) is 5.75 Å². The van der Waals surface area contributed by atoms with Gasteiger partial charge in [0.05, 0.1) is 5.56 Å². The van der Waals surface area contributed by atoms with E-state index in [4.69, 9.17) is 4.74 Å². The minimum Gasteiger partial charge on any atom is -0.449 e. The summed E-state index contributed by atoms with van der Waals surface area (Å²) in [5, 5.41) is 4.41. The van der Waals surface area contributed by atoms with Gasteiger partial charge in [0.2, 0.25) is 0 Å². The number of rotatable bonds is 5. The Kier molecular flexibility index (Phi) is 6.77. The van der Waals surface area contributed by atoms with Crippen LogP contribution >= 0.6 is 0 Å². The first-order chi connectivity index (χ1) is 11.5. The largest absolute Gasteiger partial charge is 0.573 e. The van der Waals surface area contributed by atoms with E-state index in [9.17, 15) is 27.6 Å². The maximum absolute atomic E-state index is 12.1. The molecule has 0 fully saturated rings. The van der Waals surface area contributed by atoms with E-state index in [1.165, 1.54) is 6.92 Å². The van der Waals surface area contributed by atoms with Gasteiger partial charge in [-0.3, -0.25) is 10.1 Å². The predicted octanol–water partition coefficient (Wildman–Crippen LogP) is 2.36. The van der Waals surface area contributed by atoms with Gasteiger partial charge in [-0.15, -0.1) is 13.2 Å². The zero-order valence-electron chi connectivity index (χ0n) is 13.6. The third-order valence-electron chi connectivity index (χ3n) is 2.63. The average Bonchev–Trinajstić information content (AvgIpc) is 2.45. The van der Waals surface area contributed by atoms with Crippen LogP contribution in [0.25, 0.3) is 0 Å². The Morgan fingerprint density at radius 2 is 1.60 bits per heavy atom. The van der Waals surface area contributed by atoms with Gasteiger partial charge in [0.15, 0.2) is 6.10 Å². The molecule has 3 amide bonds. The van der Waals surface area contributed by atoms with Gasteiger partial charge in [-0.2, -0.15) is 0 Å². The summed E-state index contributed by atoms with van der Waals surface area (Å²) in [7, 11) is 0. The van der Waals surface area contributed by atoms with E-state index in [0.29, 0.717) is 0 Å². The zero-order valence-corrected chi connectivity index (χ0v) is 13.6. The van der Waals surface area contributed by atoms with E-state index in [0.717, 1.165) is 24.3 Å². The first-order valence-corrected chi connectivity index (χ1v) is 7.16. The molecule has 10 heteroatoms. The van der Waals surface area contributed by atoms with Crippen molar-refractivity contribution in [1.29, 1.82) is 0 Å². The van der Waals surface area contributed by atoms with Gasteiger partial charge < -0.3 is 14.8 Å². The molecule has 0 saturated carbocycles. The number of benzene rings is 1. The second-order valence-electron chi connectivity index (χ2n) is 5.24. The number of amides is 3. The maximum Gasteiger partial charge on any atom is 0.573 e. The molecule has 138 valence electrons. The third kappa shape index (κ3) is 7.55. The summed E-state index contributed by atoms with van der Waals surface area (Å²) in [6.07, 6.45) is -6.12. The van der Waals surface area contributed by atoms with E-state index in [1.54, 1.807) is 13.8 Å². The lowest BCUT2D eigenvalue weighted by molar-refractivity contribution is -0.274. The molecule has 25 heavy (non-hydrogen) atoms. The lowest BCUT2D eigenvalue weighted by Crippen LogP contribution is -2.46. The Balaban J connectivity index is 2.60. The van der Waals surface area contributed by atoms with Gasteiger partial charge in [0, 0.05) is 6.04 Å². The van der Waals surface area contributed by atoms with Gasteiger partial charge in [0.1, 0.15) is 5.75 Å². The summed E-state index contributed by atoms with van der Waals surface area (Å²) in [6.45, 7) is 4.64. The monoisotopic (exact) mass is 362 g/mol. The second kappa shape index (κ2) is 8.36. The number of nitrogens with one attached hydrogen (secondary N) is 2. The first-order valence-electron chi connectivity index (χ1n) is 7.16. The fraction of sp³-hybridized carbons (Fsp3) is 0.400. The molecule has 1 atom stereocenters. The van der Waals surface area contributed by atoms with Gasteiger partial charge in [-0.25, -0.2) is 9.59 Å². The van der Waals surface area contributed by atoms with Crippen LogP contribution in [0.2, 0.25) is 0 Å². The molecule has 0 radical (unpaired) electrons. The standard InChI is InChI=1S/C15H17F3N2O5/c1-8(2)19-14(23)20-12(21)9(3)24-13(22)10-4-6-11(7-5-10)25-15(16,17)18/h4-9H,1-3H3,(H2,19,20,21,23)/t9-/m1/s1. The molecule has 2 N–H and O–H groups in total. The van der Waals surface area contributed by atoms with Crippen LogP contribution in [0.15, 0.2) is 24.3 Å². The summed E-state index contributed by atoms with van der Waals surface area (Å²) in [4.78, 5) is 35.0. The molecule has 0 aliphatic carbocycles. The molecule has 1 aromatic carbocycles. The van der Waals surface area contributed by atoms with Crippen molar-refractivity contribution < 1.29 is 37.0 Å². The Morgan fingerprint density at radius 1 is 1.04 bits per heavy atom. The van der Waals surface area contributed by atoms with Gasteiger partial charge in [-0.1, -0.05) is 0 Å². The number of esters is 1. The molecule has 0 aliphatic rings. The van der Waals surface area contributed by atoms with Crippen molar-refractivity contribution in [3.05, 3.63) is 29.8 Å². The molecular weight excluding hydrogens is 345 g/mol. The summed E-state index contributed by atoms with van der Waals surface area (Å²) in [5.41, 5.74) is -0.0826. The highest BCUT2D eigenvalue weighted by atomic mass is 19.4. The van der Waals surface area contributed by atoms with Gasteiger partial charge in [0.25, 0.3) is 5.91 Å². The molecule has 0 aliphatic heterocycles. The van der Waals surface area contributed by atoms with E-state index >= 15 is 0 Å². The second-order valence-corrected chi connectivity index (χ2v) is 5.24. The van der Waals surface area contributed by atoms with Crippen molar-refractivity contribution in [1.82, 2.24) is 10.6 Å². The highest BCUT2D eigenvalue weighted by Gasteiger charge is 2.31. The summed E-state index contributed by atoms with van der Waals surface area (Å²) in [6, 6.07) is 3.05. The number of carbonyl (C=O) groups excluding carboxylic acids is 3. The maximum atomic E-state index is 12.1. The third-order valence-corrected chi connectivity index (χ3v) is 2.63. The SMILES string of the molecule is CC(C)NC(=O)NC(=O)[C@@H](C)OC(=O)c1ccc(OC(F)(F)F)cc1. The quantitative estimate of drug-likeness (QED) is 0.785. The molecule has 0 spiro atoms. The topological polar surface area (TPSA) is 93.7 Å². The molecule has 0 aromatic heterocycles. The van der Waals surface area contributed by atoms with E-state index in [-0.39, 0.29) is 11.6 Å². The Morgan fingerprint density at radius 3 is 2.08 bits per heavy atom.